The Bertz CT molecular complexity index is 2040. The molecule has 3 aliphatic rings. The minimum Gasteiger partial charge on any atom is -0.372 e. The fourth-order valence-electron chi connectivity index (χ4n) is 7.22. The van der Waals surface area contributed by atoms with Gasteiger partial charge in [0.2, 0.25) is 0 Å². The number of nitrogens with one attached hydrogen (secondary N) is 3. The summed E-state index contributed by atoms with van der Waals surface area (Å²) in [4.78, 5) is 14.9. The van der Waals surface area contributed by atoms with Crippen LogP contribution in [0.1, 0.15) is 41.5 Å². The maximum absolute atomic E-state index is 3.50. The van der Waals surface area contributed by atoms with Crippen LogP contribution in [0.4, 0.5) is 51.2 Å². The molecule has 0 saturated carbocycles. The lowest BCUT2D eigenvalue weighted by molar-refractivity contribution is 0.864. The summed E-state index contributed by atoms with van der Waals surface area (Å²) in [6, 6.07) is 45.4. The number of benzene rings is 6. The molecule has 6 aromatic rings. The Balaban J connectivity index is 0.000000194. The highest BCUT2D eigenvalue weighted by Gasteiger charge is 2.19. The molecule has 3 aliphatic heterocycles. The third-order valence-corrected chi connectivity index (χ3v) is 13.8. The Morgan fingerprint density at radius 2 is 0.550 bits per heavy atom. The normalized spacial score (nSPS) is 11.7. The van der Waals surface area contributed by atoms with Gasteiger partial charge in [-0.05, 0) is 133 Å². The molecule has 60 heavy (non-hydrogen) atoms. The van der Waals surface area contributed by atoms with E-state index < -0.39 is 0 Å². The number of halogens is 3. The molecule has 0 radical (unpaired) electrons. The summed E-state index contributed by atoms with van der Waals surface area (Å²) >= 11 is 5.54. The summed E-state index contributed by atoms with van der Waals surface area (Å²) in [7, 11) is 0. The van der Waals surface area contributed by atoms with E-state index in [0.29, 0.717) is 0 Å². The average Bonchev–Trinajstić information content (AvgIpc) is 3.26. The summed E-state index contributed by atoms with van der Waals surface area (Å²) in [6.45, 7) is 19.5. The van der Waals surface area contributed by atoms with Crippen LogP contribution >= 0.6 is 107 Å². The summed E-state index contributed by atoms with van der Waals surface area (Å²) in [5.74, 6) is 0. The molecule has 0 fully saturated rings. The lowest BCUT2D eigenvalue weighted by atomic mass is 10.2. The van der Waals surface area contributed by atoms with Gasteiger partial charge in [-0.2, -0.15) is 0 Å². The molecule has 3 N–H and O–H groups in total. The van der Waals surface area contributed by atoms with Crippen LogP contribution in [0.25, 0.3) is 0 Å². The predicted octanol–water partition coefficient (Wildman–Crippen LogP) is 16.1. The van der Waals surface area contributed by atoms with E-state index in [1.54, 1.807) is 0 Å². The van der Waals surface area contributed by atoms with Gasteiger partial charge in [0.25, 0.3) is 0 Å². The highest BCUT2D eigenvalue weighted by atomic mass is 127. The monoisotopic (exact) mass is 1190 g/mol. The molecule has 0 spiro atoms. The van der Waals surface area contributed by atoms with Gasteiger partial charge < -0.3 is 30.7 Å². The lowest BCUT2D eigenvalue weighted by Crippen LogP contribution is -2.21. The second kappa shape index (κ2) is 24.3. The molecule has 0 amide bonds. The first kappa shape index (κ1) is 50.0. The van der Waals surface area contributed by atoms with Crippen LogP contribution in [-0.4, -0.2) is 39.3 Å². The minimum atomic E-state index is 0. The first-order chi connectivity index (χ1) is 27.9. The van der Waals surface area contributed by atoms with E-state index in [-0.39, 0.29) is 71.9 Å². The average molecular weight is 1190 g/mol. The van der Waals surface area contributed by atoms with Gasteiger partial charge in [-0.15, -0.1) is 71.9 Å². The van der Waals surface area contributed by atoms with Crippen LogP contribution in [0.5, 0.6) is 0 Å². The van der Waals surface area contributed by atoms with Gasteiger partial charge >= 0.3 is 0 Å². The van der Waals surface area contributed by atoms with E-state index in [9.17, 15) is 0 Å². The van der Waals surface area contributed by atoms with Crippen molar-refractivity contribution in [3.8, 4) is 0 Å². The Morgan fingerprint density at radius 1 is 0.317 bits per heavy atom. The van der Waals surface area contributed by atoms with Gasteiger partial charge in [-0.25, -0.2) is 0 Å². The summed E-state index contributed by atoms with van der Waals surface area (Å²) in [5, 5.41) is 10.5. The van der Waals surface area contributed by atoms with Crippen molar-refractivity contribution in [3.05, 3.63) is 127 Å². The van der Waals surface area contributed by atoms with E-state index in [2.05, 4.69) is 200 Å². The lowest BCUT2D eigenvalue weighted by Gasteiger charge is -2.25. The van der Waals surface area contributed by atoms with Gasteiger partial charge in [0.15, 0.2) is 0 Å². The van der Waals surface area contributed by atoms with Crippen molar-refractivity contribution in [2.24, 2.45) is 0 Å². The van der Waals surface area contributed by atoms with Gasteiger partial charge in [-0.3, -0.25) is 0 Å². The zero-order chi connectivity index (χ0) is 39.7. The van der Waals surface area contributed by atoms with Crippen LogP contribution in [0, 0.1) is 0 Å². The van der Waals surface area contributed by atoms with Crippen LogP contribution in [0.2, 0.25) is 0 Å². The quantitative estimate of drug-likeness (QED) is 0.123. The SMILES string of the molecule is CCN(CC)c1ccc2c(c1)Sc1ccccc1N2.CCN(CC)c1ccc2c(c1)Sc1ccccc1N2.CCN(CC)c1ccc2c(c1)Sc1ccccc1N2.I.I.I. The van der Waals surface area contributed by atoms with E-state index in [4.69, 9.17) is 0 Å². The molecule has 0 bridgehead atoms. The minimum absolute atomic E-state index is 0. The zero-order valence-electron chi connectivity index (χ0n) is 35.2. The van der Waals surface area contributed by atoms with Gasteiger partial charge in [0.05, 0.1) is 34.1 Å². The number of fused-ring (bicyclic) bond motifs is 6. The van der Waals surface area contributed by atoms with E-state index >= 15 is 0 Å². The third kappa shape index (κ3) is 11.9. The summed E-state index contributed by atoms with van der Waals surface area (Å²) in [5.41, 5.74) is 11.1. The van der Waals surface area contributed by atoms with Crippen LogP contribution in [0.15, 0.2) is 157 Å². The van der Waals surface area contributed by atoms with Crippen molar-refractivity contribution in [3.63, 3.8) is 0 Å². The fraction of sp³-hybridized carbons (Fsp3) is 0.250. The molecular weight excluding hydrogens is 1140 g/mol. The molecule has 9 rings (SSSR count). The second-order valence-electron chi connectivity index (χ2n) is 13.7. The molecule has 6 nitrogen and oxygen atoms in total. The largest absolute Gasteiger partial charge is 0.372 e. The highest BCUT2D eigenvalue weighted by molar-refractivity contribution is 14.0. The summed E-state index contributed by atoms with van der Waals surface area (Å²) in [6.07, 6.45) is 0. The van der Waals surface area contributed by atoms with Gasteiger partial charge in [0, 0.05) is 85.7 Å². The number of anilines is 9. The Kier molecular flexibility index (Phi) is 20.2. The fourth-order valence-corrected chi connectivity index (χ4v) is 10.3. The molecular formula is C48H57I3N6S3. The third-order valence-electron chi connectivity index (χ3n) is 10.4. The van der Waals surface area contributed by atoms with E-state index in [1.807, 2.05) is 35.3 Å². The van der Waals surface area contributed by atoms with Gasteiger partial charge in [0.1, 0.15) is 0 Å². The predicted molar refractivity (Wildman–Crippen MR) is 298 cm³/mol. The number of hydrogen-bond acceptors (Lipinski definition) is 9. The second-order valence-corrected chi connectivity index (χ2v) is 17.0. The smallest absolute Gasteiger partial charge is 0.0527 e. The number of hydrogen-bond donors (Lipinski definition) is 3. The molecule has 12 heteroatoms. The molecule has 0 unspecified atom stereocenters. The van der Waals surface area contributed by atoms with E-state index in [0.717, 1.165) is 39.3 Å². The van der Waals surface area contributed by atoms with Crippen molar-refractivity contribution < 1.29 is 0 Å². The van der Waals surface area contributed by atoms with Crippen molar-refractivity contribution >= 4 is 158 Å². The van der Waals surface area contributed by atoms with Crippen molar-refractivity contribution in [2.75, 3.05) is 69.9 Å². The summed E-state index contributed by atoms with van der Waals surface area (Å²) < 4.78 is 0. The Hall–Kier alpha value is -2.64. The molecule has 0 aromatic heterocycles. The standard InChI is InChI=1S/3C16H18N2S.3HI/c3*1-3-18(4-2)12-9-10-14-16(11-12)19-15-8-6-5-7-13(15)17-14;;;/h3*5-11,17H,3-4H2,1-2H3;3*1H. The zero-order valence-corrected chi connectivity index (χ0v) is 44.6. The number of rotatable bonds is 9. The molecule has 6 aromatic carbocycles. The maximum Gasteiger partial charge on any atom is 0.0527 e. The highest BCUT2D eigenvalue weighted by Crippen LogP contribution is 2.47. The van der Waals surface area contributed by atoms with Crippen LogP contribution in [0.3, 0.4) is 0 Å². The van der Waals surface area contributed by atoms with Crippen LogP contribution < -0.4 is 30.7 Å². The molecule has 3 heterocycles. The maximum atomic E-state index is 3.50. The number of para-hydroxylation sites is 3. The number of nitrogens with zero attached hydrogens (tertiary/aromatic N) is 3. The van der Waals surface area contributed by atoms with Crippen LogP contribution in [-0.2, 0) is 0 Å². The Morgan fingerprint density at radius 3 is 0.800 bits per heavy atom. The van der Waals surface area contributed by atoms with Crippen molar-refractivity contribution in [1.29, 1.82) is 0 Å². The molecule has 318 valence electrons. The Labute approximate surface area is 422 Å². The van der Waals surface area contributed by atoms with Crippen molar-refractivity contribution in [1.82, 2.24) is 0 Å². The first-order valence-corrected chi connectivity index (χ1v) is 22.7. The molecule has 0 atom stereocenters. The van der Waals surface area contributed by atoms with E-state index in [1.165, 1.54) is 80.6 Å². The molecule has 0 aliphatic carbocycles. The molecule has 0 saturated heterocycles. The van der Waals surface area contributed by atoms with Crippen molar-refractivity contribution in [2.45, 2.75) is 70.9 Å². The van der Waals surface area contributed by atoms with Gasteiger partial charge in [-0.1, -0.05) is 71.7 Å². The first-order valence-electron chi connectivity index (χ1n) is 20.2. The topological polar surface area (TPSA) is 45.8 Å².